The van der Waals surface area contributed by atoms with Crippen molar-refractivity contribution in [2.75, 3.05) is 12.0 Å². The highest BCUT2D eigenvalue weighted by Gasteiger charge is 2.23. The third kappa shape index (κ3) is 2.53. The quantitative estimate of drug-likeness (QED) is 0.415. The average Bonchev–Trinajstić information content (AvgIpc) is 3.36. The highest BCUT2D eigenvalue weighted by atomic mass is 32.1. The van der Waals surface area contributed by atoms with Crippen LogP contribution in [0, 0.1) is 0 Å². The van der Waals surface area contributed by atoms with E-state index in [9.17, 15) is 0 Å². The van der Waals surface area contributed by atoms with Crippen molar-refractivity contribution < 1.29 is 4.42 Å². The van der Waals surface area contributed by atoms with Crippen LogP contribution in [0.5, 0.6) is 0 Å². The fourth-order valence-electron chi connectivity index (χ4n) is 3.80. The Balaban J connectivity index is 1.66. The molecule has 0 bridgehead atoms. The van der Waals surface area contributed by atoms with Gasteiger partial charge in [-0.1, -0.05) is 48.5 Å². The van der Waals surface area contributed by atoms with Crippen LogP contribution in [0.4, 0.5) is 5.69 Å². The summed E-state index contributed by atoms with van der Waals surface area (Å²) in [6, 6.07) is 22.5. The molecule has 0 spiro atoms. The third-order valence-corrected chi connectivity index (χ3v) is 6.27. The number of anilines is 1. The van der Waals surface area contributed by atoms with E-state index in [1.54, 1.807) is 11.3 Å². The van der Waals surface area contributed by atoms with Crippen molar-refractivity contribution in [3.05, 3.63) is 71.6 Å². The Labute approximate surface area is 170 Å². The van der Waals surface area contributed by atoms with E-state index in [-0.39, 0.29) is 0 Å². The van der Waals surface area contributed by atoms with Gasteiger partial charge in [0.1, 0.15) is 28.6 Å². The molecule has 4 heterocycles. The van der Waals surface area contributed by atoms with Crippen LogP contribution >= 0.6 is 11.3 Å². The monoisotopic (exact) mass is 396 g/mol. The summed E-state index contributed by atoms with van der Waals surface area (Å²) in [7, 11) is 0. The number of nitrogens with one attached hydrogen (secondary N) is 1. The lowest BCUT2D eigenvalue weighted by molar-refractivity contribution is 0.629. The van der Waals surface area contributed by atoms with Gasteiger partial charge in [0, 0.05) is 10.8 Å². The zero-order valence-corrected chi connectivity index (χ0v) is 16.2. The topological polar surface area (TPSA) is 76.4 Å². The summed E-state index contributed by atoms with van der Waals surface area (Å²) in [6.45, 7) is 0.476. The number of fused-ring (bicyclic) bond motifs is 4. The molecule has 6 heteroatoms. The number of nitrogens with zero attached hydrogens (tertiary/aromatic N) is 2. The summed E-state index contributed by atoms with van der Waals surface area (Å²) in [6.07, 6.45) is 0. The van der Waals surface area contributed by atoms with Crippen LogP contribution in [-0.2, 0) is 0 Å². The molecule has 6 rings (SSSR count). The van der Waals surface area contributed by atoms with Crippen LogP contribution in [0.25, 0.3) is 43.8 Å². The van der Waals surface area contributed by atoms with Crippen LogP contribution in [-0.4, -0.2) is 17.5 Å². The second kappa shape index (κ2) is 6.18. The van der Waals surface area contributed by atoms with Crippen LogP contribution < -0.4 is 11.1 Å². The van der Waals surface area contributed by atoms with Gasteiger partial charge in [-0.05, 0) is 29.3 Å². The Kier molecular flexibility index (Phi) is 3.48. The fourth-order valence-corrected chi connectivity index (χ4v) is 4.90. The molecule has 0 amide bonds. The maximum atomic E-state index is 6.17. The lowest BCUT2D eigenvalue weighted by atomic mass is 10.0. The molecule has 5 nitrogen and oxygen atoms in total. The second-order valence-electron chi connectivity index (χ2n) is 6.93. The van der Waals surface area contributed by atoms with Crippen molar-refractivity contribution in [3.8, 4) is 22.6 Å². The molecule has 3 N–H and O–H groups in total. The summed E-state index contributed by atoms with van der Waals surface area (Å²) >= 11 is 1.56. The minimum Gasteiger partial charge on any atom is -0.454 e. The predicted octanol–water partition coefficient (Wildman–Crippen LogP) is 5.46. The Morgan fingerprint density at radius 3 is 2.69 bits per heavy atom. The van der Waals surface area contributed by atoms with Gasteiger partial charge in [-0.2, -0.15) is 0 Å². The van der Waals surface area contributed by atoms with E-state index in [1.807, 2.05) is 48.5 Å². The molecule has 0 radical (unpaired) electrons. The number of thiophene rings is 1. The van der Waals surface area contributed by atoms with E-state index in [1.165, 1.54) is 0 Å². The molecule has 0 saturated carbocycles. The smallest absolute Gasteiger partial charge is 0.153 e. The summed E-state index contributed by atoms with van der Waals surface area (Å²) in [5, 5.41) is 5.53. The first-order valence-corrected chi connectivity index (χ1v) is 10.2. The number of amidine groups is 1. The van der Waals surface area contributed by atoms with Gasteiger partial charge in [0.2, 0.25) is 0 Å². The first-order chi connectivity index (χ1) is 14.3. The molecule has 2 aromatic carbocycles. The number of aliphatic imine (C=N–C) groups is 1. The van der Waals surface area contributed by atoms with Gasteiger partial charge < -0.3 is 15.5 Å². The zero-order valence-electron chi connectivity index (χ0n) is 15.3. The summed E-state index contributed by atoms with van der Waals surface area (Å²) in [4.78, 5) is 11.1. The normalized spacial score (nSPS) is 13.3. The Morgan fingerprint density at radius 2 is 1.83 bits per heavy atom. The summed E-state index contributed by atoms with van der Waals surface area (Å²) in [5.41, 5.74) is 11.1. The standard InChI is InChI=1S/C23H16N4OS/c24-22-21-20(25-12-26-22)19-15(13-6-2-1-3-7-13)11-16(27-23(19)29-21)18-10-14-8-4-5-9-17(14)28-18/h1-11,25H,12H2,(H2,24,26). The van der Waals surface area contributed by atoms with Gasteiger partial charge in [0.25, 0.3) is 0 Å². The SMILES string of the molecule is NC1=NCNc2c1sc1nc(-c3cc4ccccc4o3)cc(-c3ccccc3)c21. The molecular weight excluding hydrogens is 380 g/mol. The van der Waals surface area contributed by atoms with Crippen molar-refractivity contribution in [1.82, 2.24) is 4.98 Å². The number of rotatable bonds is 2. The molecule has 0 fully saturated rings. The van der Waals surface area contributed by atoms with Gasteiger partial charge in [0.05, 0.1) is 10.6 Å². The van der Waals surface area contributed by atoms with Gasteiger partial charge in [0.15, 0.2) is 5.76 Å². The third-order valence-electron chi connectivity index (χ3n) is 5.16. The molecule has 0 unspecified atom stereocenters. The number of hydrogen-bond donors (Lipinski definition) is 2. The molecule has 0 atom stereocenters. The maximum Gasteiger partial charge on any atom is 0.153 e. The first kappa shape index (κ1) is 16.3. The highest BCUT2D eigenvalue weighted by Crippen LogP contribution is 2.43. The van der Waals surface area contributed by atoms with Gasteiger partial charge >= 0.3 is 0 Å². The van der Waals surface area contributed by atoms with Crippen LogP contribution in [0.3, 0.4) is 0 Å². The van der Waals surface area contributed by atoms with Crippen LogP contribution in [0.1, 0.15) is 4.88 Å². The minimum absolute atomic E-state index is 0.476. The fraction of sp³-hybridized carbons (Fsp3) is 0.0435. The summed E-state index contributed by atoms with van der Waals surface area (Å²) < 4.78 is 6.10. The first-order valence-electron chi connectivity index (χ1n) is 9.34. The van der Waals surface area contributed by atoms with Crippen LogP contribution in [0.15, 0.2) is 76.1 Å². The summed E-state index contributed by atoms with van der Waals surface area (Å²) in [5.74, 6) is 1.32. The molecule has 0 aliphatic carbocycles. The number of para-hydroxylation sites is 1. The lowest BCUT2D eigenvalue weighted by Crippen LogP contribution is -2.20. The Bertz CT molecular complexity index is 1380. The van der Waals surface area contributed by atoms with E-state index < -0.39 is 0 Å². The van der Waals surface area contributed by atoms with E-state index in [0.29, 0.717) is 12.5 Å². The molecule has 0 saturated heterocycles. The van der Waals surface area contributed by atoms with Crippen molar-refractivity contribution in [2.24, 2.45) is 10.7 Å². The van der Waals surface area contributed by atoms with Crippen molar-refractivity contribution in [2.45, 2.75) is 0 Å². The molecule has 140 valence electrons. The van der Waals surface area contributed by atoms with E-state index >= 15 is 0 Å². The number of furan rings is 1. The highest BCUT2D eigenvalue weighted by molar-refractivity contribution is 7.21. The minimum atomic E-state index is 0.476. The van der Waals surface area contributed by atoms with E-state index in [0.717, 1.165) is 54.3 Å². The number of nitrogens with two attached hydrogens (primary N) is 1. The predicted molar refractivity (Wildman–Crippen MR) is 119 cm³/mol. The molecule has 1 aliphatic rings. The van der Waals surface area contributed by atoms with Crippen molar-refractivity contribution in [1.29, 1.82) is 0 Å². The Hall–Kier alpha value is -3.64. The molecule has 5 aromatic rings. The molecule has 29 heavy (non-hydrogen) atoms. The number of pyridine rings is 1. The maximum absolute atomic E-state index is 6.17. The second-order valence-corrected chi connectivity index (χ2v) is 7.93. The van der Waals surface area contributed by atoms with Gasteiger partial charge in [-0.15, -0.1) is 11.3 Å². The van der Waals surface area contributed by atoms with Crippen LogP contribution in [0.2, 0.25) is 0 Å². The number of hydrogen-bond acceptors (Lipinski definition) is 6. The molecule has 3 aromatic heterocycles. The zero-order chi connectivity index (χ0) is 19.4. The number of benzene rings is 2. The van der Waals surface area contributed by atoms with E-state index in [4.69, 9.17) is 15.1 Å². The molecular formula is C23H16N4OS. The van der Waals surface area contributed by atoms with Gasteiger partial charge in [-0.3, -0.25) is 0 Å². The van der Waals surface area contributed by atoms with Crippen molar-refractivity contribution >= 4 is 44.0 Å². The lowest BCUT2D eigenvalue weighted by Gasteiger charge is -2.13. The Morgan fingerprint density at radius 1 is 1.00 bits per heavy atom. The molecule has 1 aliphatic heterocycles. The average molecular weight is 396 g/mol. The number of aromatic nitrogens is 1. The largest absolute Gasteiger partial charge is 0.454 e. The van der Waals surface area contributed by atoms with E-state index in [2.05, 4.69) is 28.5 Å². The van der Waals surface area contributed by atoms with Crippen molar-refractivity contribution in [3.63, 3.8) is 0 Å². The van der Waals surface area contributed by atoms with Gasteiger partial charge in [-0.25, -0.2) is 9.98 Å².